The summed E-state index contributed by atoms with van der Waals surface area (Å²) in [5.41, 5.74) is 0. The molecule has 0 aromatic carbocycles. The second-order valence-electron chi connectivity index (χ2n) is 2.68. The summed E-state index contributed by atoms with van der Waals surface area (Å²) in [6, 6.07) is 0. The van der Waals surface area contributed by atoms with Crippen molar-refractivity contribution < 1.29 is 0 Å². The Kier molecular flexibility index (Phi) is 4.30. The van der Waals surface area contributed by atoms with Crippen molar-refractivity contribution in [1.82, 2.24) is 4.90 Å². The Morgan fingerprint density at radius 1 is 1.13 bits per heavy atom. The highest BCUT2D eigenvalue weighted by Crippen LogP contribution is 2.39. The molecule has 3 nitrogen and oxygen atoms in total. The summed E-state index contributed by atoms with van der Waals surface area (Å²) < 4.78 is -3.52. The third-order valence-electron chi connectivity index (χ3n) is 1.52. The number of hydrogen-bond donors (Lipinski definition) is 0. The molecule has 0 saturated carbocycles. The van der Waals surface area contributed by atoms with Gasteiger partial charge in [-0.25, -0.2) is 9.98 Å². The van der Waals surface area contributed by atoms with Gasteiger partial charge in [0.25, 0.3) is 3.92 Å². The highest BCUT2D eigenvalue weighted by Gasteiger charge is 2.42. The van der Waals surface area contributed by atoms with E-state index in [1.807, 2.05) is 0 Å². The van der Waals surface area contributed by atoms with Crippen LogP contribution < -0.4 is 0 Å². The van der Waals surface area contributed by atoms with Gasteiger partial charge < -0.3 is 0 Å². The largest absolute Gasteiger partial charge is 0.292 e. The lowest BCUT2D eigenvalue weighted by Crippen LogP contribution is -2.48. The van der Waals surface area contributed by atoms with Crippen LogP contribution in [0.25, 0.3) is 0 Å². The van der Waals surface area contributed by atoms with Gasteiger partial charge in [0.15, 0.2) is 5.84 Å². The lowest BCUT2D eigenvalue weighted by atomic mass is 10.5. The average molecular weight is 332 g/mol. The first kappa shape index (κ1) is 13.9. The van der Waals surface area contributed by atoms with Gasteiger partial charge in [-0.15, -0.1) is 0 Å². The zero-order valence-corrected chi connectivity index (χ0v) is 11.9. The zero-order chi connectivity index (χ0) is 11.9. The first-order valence-corrected chi connectivity index (χ1v) is 5.90. The minimum Gasteiger partial charge on any atom is -0.292 e. The molecular weight excluding hydrogens is 327 g/mol. The van der Waals surface area contributed by atoms with Crippen LogP contribution in [0.1, 0.15) is 6.92 Å². The summed E-state index contributed by atoms with van der Waals surface area (Å²) >= 11 is 34.2. The molecular formula is C6H5Cl6N3. The minimum atomic E-state index is -1.76. The van der Waals surface area contributed by atoms with Gasteiger partial charge in [0, 0.05) is 0 Å². The van der Waals surface area contributed by atoms with E-state index in [0.717, 1.165) is 0 Å². The third-order valence-corrected chi connectivity index (χ3v) is 2.64. The number of halogens is 6. The van der Waals surface area contributed by atoms with Crippen LogP contribution in [0.15, 0.2) is 9.98 Å². The Morgan fingerprint density at radius 2 is 1.67 bits per heavy atom. The molecule has 0 amide bonds. The van der Waals surface area contributed by atoms with Crippen molar-refractivity contribution in [2.45, 2.75) is 14.6 Å². The van der Waals surface area contributed by atoms with E-state index in [0.29, 0.717) is 5.84 Å². The first-order chi connectivity index (χ1) is 6.62. The average Bonchev–Trinajstić information content (AvgIpc) is 2.00. The fourth-order valence-electron chi connectivity index (χ4n) is 0.906. The van der Waals surface area contributed by atoms with Crippen LogP contribution in [0.5, 0.6) is 0 Å². The Labute approximate surface area is 117 Å². The molecule has 1 rings (SSSR count). The molecule has 0 bridgehead atoms. The fourth-order valence-corrected chi connectivity index (χ4v) is 1.74. The van der Waals surface area contributed by atoms with Crippen molar-refractivity contribution >= 4 is 81.3 Å². The molecule has 9 heteroatoms. The normalized spacial score (nSPS) is 18.7. The summed E-state index contributed by atoms with van der Waals surface area (Å²) in [6.07, 6.45) is 0. The number of alkyl halides is 6. The van der Waals surface area contributed by atoms with Crippen molar-refractivity contribution in [3.8, 4) is 0 Å². The number of aliphatic imine (C=N–C) groups is 2. The molecule has 0 aromatic rings. The summed E-state index contributed by atoms with van der Waals surface area (Å²) in [5, 5.41) is 0. The van der Waals surface area contributed by atoms with Crippen LogP contribution in [0, 0.1) is 0 Å². The van der Waals surface area contributed by atoms with Crippen molar-refractivity contribution in [3.63, 3.8) is 0 Å². The van der Waals surface area contributed by atoms with E-state index in [4.69, 9.17) is 69.6 Å². The van der Waals surface area contributed by atoms with Crippen molar-refractivity contribution in [3.05, 3.63) is 0 Å². The number of rotatable bonds is 0. The number of hydrogen-bond acceptors (Lipinski definition) is 3. The maximum Gasteiger partial charge on any atom is 0.270 e. The molecule has 0 spiro atoms. The molecule has 1 heterocycles. The van der Waals surface area contributed by atoms with Gasteiger partial charge in [0.05, 0.1) is 0 Å². The Morgan fingerprint density at radius 3 is 2.07 bits per heavy atom. The van der Waals surface area contributed by atoms with Crippen LogP contribution in [0.4, 0.5) is 0 Å². The minimum absolute atomic E-state index is 0.0417. The van der Waals surface area contributed by atoms with Gasteiger partial charge in [-0.2, -0.15) is 0 Å². The van der Waals surface area contributed by atoms with Gasteiger partial charge >= 0.3 is 0 Å². The molecule has 0 fully saturated rings. The predicted molar refractivity (Wildman–Crippen MR) is 67.8 cm³/mol. The van der Waals surface area contributed by atoms with Gasteiger partial charge in [0.2, 0.25) is 3.79 Å². The van der Waals surface area contributed by atoms with E-state index in [1.54, 1.807) is 6.92 Å². The van der Waals surface area contributed by atoms with Crippen molar-refractivity contribution in [2.75, 3.05) is 6.67 Å². The predicted octanol–water partition coefficient (Wildman–Crippen LogP) is 3.77. The fraction of sp³-hybridized carbons (Fsp3) is 0.667. The maximum atomic E-state index is 5.71. The van der Waals surface area contributed by atoms with Crippen LogP contribution in [-0.2, 0) is 0 Å². The van der Waals surface area contributed by atoms with E-state index in [9.17, 15) is 0 Å². The highest BCUT2D eigenvalue weighted by atomic mass is 35.6. The van der Waals surface area contributed by atoms with Crippen molar-refractivity contribution in [2.24, 2.45) is 9.98 Å². The van der Waals surface area contributed by atoms with Gasteiger partial charge in [-0.05, 0) is 6.92 Å². The molecule has 1 aliphatic rings. The topological polar surface area (TPSA) is 28.0 Å². The van der Waals surface area contributed by atoms with Crippen molar-refractivity contribution in [1.29, 1.82) is 0 Å². The Bertz CT molecular complexity index is 312. The molecule has 0 radical (unpaired) electrons. The molecule has 0 unspecified atom stereocenters. The SMILES string of the molecule is CC1=NCN(C(Cl)(Cl)Cl)C(C(Cl)(Cl)Cl)=N1. The molecule has 0 N–H and O–H groups in total. The highest BCUT2D eigenvalue weighted by molar-refractivity contribution is 6.77. The maximum absolute atomic E-state index is 5.71. The zero-order valence-electron chi connectivity index (χ0n) is 7.32. The third kappa shape index (κ3) is 3.69. The molecule has 0 aliphatic carbocycles. The van der Waals surface area contributed by atoms with Crippen LogP contribution in [-0.4, -0.2) is 30.9 Å². The lowest BCUT2D eigenvalue weighted by Gasteiger charge is -2.35. The van der Waals surface area contributed by atoms with Crippen LogP contribution >= 0.6 is 69.6 Å². The number of amidine groups is 2. The molecule has 1 aliphatic heterocycles. The van der Waals surface area contributed by atoms with E-state index in [2.05, 4.69) is 9.98 Å². The summed E-state index contributed by atoms with van der Waals surface area (Å²) in [6.45, 7) is 1.74. The quantitative estimate of drug-likeness (QED) is 0.490. The van der Waals surface area contributed by atoms with E-state index < -0.39 is 7.71 Å². The number of nitrogens with zero attached hydrogens (tertiary/aromatic N) is 3. The van der Waals surface area contributed by atoms with E-state index >= 15 is 0 Å². The summed E-state index contributed by atoms with van der Waals surface area (Å²) in [4.78, 5) is 9.09. The van der Waals surface area contributed by atoms with Crippen LogP contribution in [0.3, 0.4) is 0 Å². The summed E-state index contributed by atoms with van der Waals surface area (Å²) in [7, 11) is 0. The Balaban J connectivity index is 3.09. The first-order valence-electron chi connectivity index (χ1n) is 3.63. The van der Waals surface area contributed by atoms with Gasteiger partial charge in [-0.1, -0.05) is 69.6 Å². The second-order valence-corrected chi connectivity index (χ2v) is 7.18. The van der Waals surface area contributed by atoms with E-state index in [-0.39, 0.29) is 12.5 Å². The van der Waals surface area contributed by atoms with E-state index in [1.165, 1.54) is 4.90 Å². The monoisotopic (exact) mass is 329 g/mol. The smallest absolute Gasteiger partial charge is 0.270 e. The molecule has 15 heavy (non-hydrogen) atoms. The lowest BCUT2D eigenvalue weighted by molar-refractivity contribution is 0.429. The molecule has 0 aromatic heterocycles. The van der Waals surface area contributed by atoms with Gasteiger partial charge in [-0.3, -0.25) is 4.90 Å². The molecule has 86 valence electrons. The molecule has 0 saturated heterocycles. The summed E-state index contributed by atoms with van der Waals surface area (Å²) in [5.74, 6) is 0.502. The Hall–Kier alpha value is 0.880. The van der Waals surface area contributed by atoms with Gasteiger partial charge in [0.1, 0.15) is 12.5 Å². The van der Waals surface area contributed by atoms with Crippen LogP contribution in [0.2, 0.25) is 0 Å². The molecule has 0 atom stereocenters. The standard InChI is InChI=1S/C6H5Cl6N3/c1-3-13-2-15(6(10,11)12)4(14-3)5(7,8)9/h2H2,1H3. The second kappa shape index (κ2) is 4.63.